The van der Waals surface area contributed by atoms with Gasteiger partial charge in [-0.15, -0.1) is 0 Å². The number of hydrogen-bond acceptors (Lipinski definition) is 4. The summed E-state index contributed by atoms with van der Waals surface area (Å²) >= 11 is 1.59. The largest absolute Gasteiger partial charge is 0.494 e. The smallest absolute Gasteiger partial charge is 0.260 e. The third kappa shape index (κ3) is 4.51. The van der Waals surface area contributed by atoms with Crippen LogP contribution in [0.5, 0.6) is 5.75 Å². The Labute approximate surface area is 170 Å². The molecular formula is C22H28N3O2S+. The average Bonchev–Trinajstić information content (AvgIpc) is 3.06. The molecule has 2 aromatic carbocycles. The van der Waals surface area contributed by atoms with E-state index in [4.69, 9.17) is 9.72 Å². The molecule has 148 valence electrons. The van der Waals surface area contributed by atoms with E-state index in [1.165, 1.54) is 16.0 Å². The standard InChI is InChI=1S/C22H27N3O2S/c1-6-27-18-9-7-17(8-10-18)21(26)25(12-11-24(4)5)22-23-19-14-15(2)13-16(3)20(19)28-22/h7-10,13-14H,6,11-12H2,1-5H3/p+1. The lowest BCUT2D eigenvalue weighted by molar-refractivity contribution is -0.856. The normalized spacial score (nSPS) is 11.2. The lowest BCUT2D eigenvalue weighted by atomic mass is 10.1. The van der Waals surface area contributed by atoms with Gasteiger partial charge in [-0.05, 0) is 62.2 Å². The molecule has 28 heavy (non-hydrogen) atoms. The van der Waals surface area contributed by atoms with Gasteiger partial charge in [-0.25, -0.2) is 4.98 Å². The van der Waals surface area contributed by atoms with E-state index in [1.54, 1.807) is 11.3 Å². The first kappa shape index (κ1) is 20.3. The molecule has 0 fully saturated rings. The summed E-state index contributed by atoms with van der Waals surface area (Å²) in [5.74, 6) is 0.743. The van der Waals surface area contributed by atoms with Crippen LogP contribution in [0.15, 0.2) is 36.4 Å². The van der Waals surface area contributed by atoms with Gasteiger partial charge in [0.1, 0.15) is 5.75 Å². The third-order valence-corrected chi connectivity index (χ3v) is 5.76. The number of hydrogen-bond donors (Lipinski definition) is 1. The van der Waals surface area contributed by atoms with Gasteiger partial charge in [0.2, 0.25) is 0 Å². The molecule has 0 aliphatic rings. The Morgan fingerprint density at radius 2 is 1.89 bits per heavy atom. The molecule has 1 amide bonds. The molecule has 0 atom stereocenters. The third-order valence-electron chi connectivity index (χ3n) is 4.53. The maximum Gasteiger partial charge on any atom is 0.260 e. The Hall–Kier alpha value is -2.44. The lowest BCUT2D eigenvalue weighted by Gasteiger charge is -2.21. The number of nitrogens with zero attached hydrogens (tertiary/aromatic N) is 2. The van der Waals surface area contributed by atoms with Crippen molar-refractivity contribution in [2.75, 3.05) is 38.7 Å². The maximum atomic E-state index is 13.3. The highest BCUT2D eigenvalue weighted by Crippen LogP contribution is 2.32. The molecular weight excluding hydrogens is 370 g/mol. The van der Waals surface area contributed by atoms with Crippen molar-refractivity contribution in [2.24, 2.45) is 0 Å². The van der Waals surface area contributed by atoms with Gasteiger partial charge in [0.25, 0.3) is 5.91 Å². The van der Waals surface area contributed by atoms with Crippen LogP contribution in [0, 0.1) is 13.8 Å². The highest BCUT2D eigenvalue weighted by atomic mass is 32.1. The van der Waals surface area contributed by atoms with Crippen LogP contribution in [0.1, 0.15) is 28.4 Å². The maximum absolute atomic E-state index is 13.3. The van der Waals surface area contributed by atoms with E-state index in [-0.39, 0.29) is 5.91 Å². The van der Waals surface area contributed by atoms with Crippen LogP contribution >= 0.6 is 11.3 Å². The van der Waals surface area contributed by atoms with Gasteiger partial charge in [0.15, 0.2) is 5.13 Å². The van der Waals surface area contributed by atoms with Gasteiger partial charge < -0.3 is 9.64 Å². The van der Waals surface area contributed by atoms with Gasteiger partial charge in [0, 0.05) is 5.56 Å². The van der Waals surface area contributed by atoms with E-state index in [9.17, 15) is 4.79 Å². The minimum absolute atomic E-state index is 0.0299. The lowest BCUT2D eigenvalue weighted by Crippen LogP contribution is -3.06. The molecule has 0 spiro atoms. The van der Waals surface area contributed by atoms with Gasteiger partial charge in [-0.1, -0.05) is 17.4 Å². The first-order valence-corrected chi connectivity index (χ1v) is 10.4. The van der Waals surface area contributed by atoms with Gasteiger partial charge in [-0.2, -0.15) is 0 Å². The summed E-state index contributed by atoms with van der Waals surface area (Å²) in [6.45, 7) is 8.18. The highest BCUT2D eigenvalue weighted by molar-refractivity contribution is 7.22. The number of nitrogens with one attached hydrogen (secondary N) is 1. The Bertz CT molecular complexity index is 964. The first-order valence-electron chi connectivity index (χ1n) is 9.60. The summed E-state index contributed by atoms with van der Waals surface area (Å²) in [6.07, 6.45) is 0. The minimum atomic E-state index is -0.0299. The van der Waals surface area contributed by atoms with Crippen molar-refractivity contribution in [3.63, 3.8) is 0 Å². The average molecular weight is 399 g/mol. The molecule has 0 unspecified atom stereocenters. The van der Waals surface area contributed by atoms with Crippen LogP contribution in [-0.2, 0) is 0 Å². The van der Waals surface area contributed by atoms with Crippen LogP contribution in [-0.4, -0.2) is 44.7 Å². The van der Waals surface area contributed by atoms with E-state index in [0.717, 1.165) is 27.6 Å². The van der Waals surface area contributed by atoms with Crippen molar-refractivity contribution in [3.8, 4) is 5.75 Å². The predicted molar refractivity (Wildman–Crippen MR) is 116 cm³/mol. The molecule has 0 bridgehead atoms. The van der Waals surface area contributed by atoms with E-state index in [2.05, 4.69) is 40.1 Å². The fourth-order valence-corrected chi connectivity index (χ4v) is 4.16. The zero-order chi connectivity index (χ0) is 20.3. The molecule has 6 heteroatoms. The van der Waals surface area contributed by atoms with Crippen molar-refractivity contribution in [1.82, 2.24) is 4.98 Å². The van der Waals surface area contributed by atoms with Crippen LogP contribution in [0.4, 0.5) is 5.13 Å². The number of carbonyl (C=O) groups is 1. The summed E-state index contributed by atoms with van der Waals surface area (Å²) in [4.78, 5) is 21.2. The fraction of sp³-hybridized carbons (Fsp3) is 0.364. The second-order valence-electron chi connectivity index (χ2n) is 7.30. The van der Waals surface area contributed by atoms with Crippen LogP contribution < -0.4 is 14.5 Å². The van der Waals surface area contributed by atoms with Crippen molar-refractivity contribution in [2.45, 2.75) is 20.8 Å². The Balaban J connectivity index is 1.96. The predicted octanol–water partition coefficient (Wildman–Crippen LogP) is 3.10. The number of rotatable bonds is 7. The number of aryl methyl sites for hydroxylation is 2. The molecule has 3 aromatic rings. The van der Waals surface area contributed by atoms with Gasteiger partial charge >= 0.3 is 0 Å². The second-order valence-corrected chi connectivity index (χ2v) is 8.28. The summed E-state index contributed by atoms with van der Waals surface area (Å²) in [7, 11) is 4.18. The Morgan fingerprint density at radius 1 is 1.18 bits per heavy atom. The molecule has 1 heterocycles. The monoisotopic (exact) mass is 398 g/mol. The molecule has 1 aromatic heterocycles. The molecule has 0 saturated heterocycles. The van der Waals surface area contributed by atoms with Crippen molar-refractivity contribution in [1.29, 1.82) is 0 Å². The van der Waals surface area contributed by atoms with Crippen LogP contribution in [0.2, 0.25) is 0 Å². The summed E-state index contributed by atoms with van der Waals surface area (Å²) in [5.41, 5.74) is 3.98. The SMILES string of the molecule is CCOc1ccc(C(=O)N(CC[NH+](C)C)c2nc3cc(C)cc(C)c3s2)cc1. The minimum Gasteiger partial charge on any atom is -0.494 e. The van der Waals surface area contributed by atoms with Crippen molar-refractivity contribution < 1.29 is 14.4 Å². The van der Waals surface area contributed by atoms with Gasteiger partial charge in [-0.3, -0.25) is 9.69 Å². The molecule has 3 rings (SSSR count). The Kier molecular flexibility index (Phi) is 6.31. The summed E-state index contributed by atoms with van der Waals surface area (Å²) in [6, 6.07) is 11.6. The number of benzene rings is 2. The zero-order valence-electron chi connectivity index (χ0n) is 17.2. The van der Waals surface area contributed by atoms with Crippen LogP contribution in [0.3, 0.4) is 0 Å². The number of amides is 1. The first-order chi connectivity index (χ1) is 13.4. The van der Waals surface area contributed by atoms with E-state index >= 15 is 0 Å². The topological polar surface area (TPSA) is 46.9 Å². The number of carbonyl (C=O) groups excluding carboxylic acids is 1. The number of fused-ring (bicyclic) bond motifs is 1. The second kappa shape index (κ2) is 8.71. The number of quaternary nitrogens is 1. The van der Waals surface area contributed by atoms with Crippen molar-refractivity contribution in [3.05, 3.63) is 53.1 Å². The number of aromatic nitrogens is 1. The quantitative estimate of drug-likeness (QED) is 0.665. The number of thiazole rings is 1. The Morgan fingerprint density at radius 3 is 2.54 bits per heavy atom. The molecule has 0 saturated carbocycles. The van der Waals surface area contributed by atoms with Gasteiger partial charge in [0.05, 0.1) is 44.0 Å². The zero-order valence-corrected chi connectivity index (χ0v) is 18.0. The fourth-order valence-electron chi connectivity index (χ4n) is 3.12. The van der Waals surface area contributed by atoms with Crippen molar-refractivity contribution >= 4 is 32.6 Å². The molecule has 0 aliphatic carbocycles. The number of likely N-dealkylation sites (N-methyl/N-ethyl adjacent to an activating group) is 1. The molecule has 0 radical (unpaired) electrons. The van der Waals surface area contributed by atoms with Crippen LogP contribution in [0.25, 0.3) is 10.2 Å². The van der Waals surface area contributed by atoms with E-state index in [1.807, 2.05) is 36.1 Å². The number of anilines is 1. The highest BCUT2D eigenvalue weighted by Gasteiger charge is 2.22. The summed E-state index contributed by atoms with van der Waals surface area (Å²) < 4.78 is 6.63. The van der Waals surface area contributed by atoms with E-state index in [0.29, 0.717) is 18.7 Å². The van der Waals surface area contributed by atoms with E-state index < -0.39 is 0 Å². The molecule has 5 nitrogen and oxygen atoms in total. The summed E-state index contributed by atoms with van der Waals surface area (Å²) in [5, 5.41) is 0.754. The molecule has 1 N–H and O–H groups in total. The molecule has 0 aliphatic heterocycles. The number of ether oxygens (including phenoxy) is 1.